The second kappa shape index (κ2) is 8.50. The molecule has 0 bridgehead atoms. The van der Waals surface area contributed by atoms with Crippen LogP contribution in [0.25, 0.3) is 10.9 Å². The van der Waals surface area contributed by atoms with E-state index in [1.54, 1.807) is 12.5 Å². The molecule has 4 rings (SSSR count). The van der Waals surface area contributed by atoms with Crippen LogP contribution >= 0.6 is 0 Å². The Bertz CT molecular complexity index is 1040. The van der Waals surface area contributed by atoms with Crippen LogP contribution in [0.4, 0.5) is 5.69 Å². The monoisotopic (exact) mass is 371 g/mol. The topological polar surface area (TPSA) is 58.4 Å². The van der Waals surface area contributed by atoms with E-state index < -0.39 is 0 Å². The summed E-state index contributed by atoms with van der Waals surface area (Å²) < 4.78 is 5.48. The third-order valence-electron chi connectivity index (χ3n) is 4.50. The Hall–Kier alpha value is -3.44. The summed E-state index contributed by atoms with van der Waals surface area (Å²) in [5.74, 6) is 0.761. The number of furan rings is 1. The van der Waals surface area contributed by atoms with Gasteiger partial charge in [0.15, 0.2) is 0 Å². The van der Waals surface area contributed by atoms with E-state index in [9.17, 15) is 4.79 Å². The summed E-state index contributed by atoms with van der Waals surface area (Å²) in [6.45, 7) is 1.48. The van der Waals surface area contributed by atoms with Crippen molar-refractivity contribution in [3.8, 4) is 0 Å². The lowest BCUT2D eigenvalue weighted by Crippen LogP contribution is -2.32. The van der Waals surface area contributed by atoms with Gasteiger partial charge in [-0.05, 0) is 42.0 Å². The Kier molecular flexibility index (Phi) is 5.45. The van der Waals surface area contributed by atoms with E-state index in [-0.39, 0.29) is 12.5 Å². The zero-order valence-corrected chi connectivity index (χ0v) is 15.4. The van der Waals surface area contributed by atoms with Gasteiger partial charge in [0, 0.05) is 18.1 Å². The van der Waals surface area contributed by atoms with Crippen molar-refractivity contribution in [2.45, 2.75) is 13.1 Å². The number of aromatic nitrogens is 1. The number of carbonyl (C=O) groups is 1. The summed E-state index contributed by atoms with van der Waals surface area (Å²) in [5, 5.41) is 3.96. The fourth-order valence-corrected chi connectivity index (χ4v) is 3.24. The third kappa shape index (κ3) is 4.45. The molecule has 0 radical (unpaired) electrons. The van der Waals surface area contributed by atoms with Crippen LogP contribution in [-0.2, 0) is 17.9 Å². The van der Waals surface area contributed by atoms with Gasteiger partial charge in [0.1, 0.15) is 5.76 Å². The Balaban J connectivity index is 1.49. The van der Waals surface area contributed by atoms with Crippen LogP contribution in [0, 0.1) is 0 Å². The number of anilines is 1. The fourth-order valence-electron chi connectivity index (χ4n) is 3.24. The predicted octanol–water partition coefficient (Wildman–Crippen LogP) is 4.47. The molecule has 0 saturated heterocycles. The van der Waals surface area contributed by atoms with E-state index >= 15 is 0 Å². The molecule has 2 aromatic heterocycles. The van der Waals surface area contributed by atoms with Gasteiger partial charge in [-0.3, -0.25) is 14.7 Å². The van der Waals surface area contributed by atoms with E-state index in [1.807, 2.05) is 60.7 Å². The molecule has 5 nitrogen and oxygen atoms in total. The molecule has 0 spiro atoms. The minimum atomic E-state index is -0.0705. The number of hydrogen-bond acceptors (Lipinski definition) is 4. The summed E-state index contributed by atoms with van der Waals surface area (Å²) in [4.78, 5) is 19.2. The molecular weight excluding hydrogens is 350 g/mol. The number of amides is 1. The van der Waals surface area contributed by atoms with Crippen molar-refractivity contribution in [1.82, 2.24) is 9.88 Å². The molecule has 5 heteroatoms. The Morgan fingerprint density at radius 2 is 1.82 bits per heavy atom. The quantitative estimate of drug-likeness (QED) is 0.521. The van der Waals surface area contributed by atoms with Gasteiger partial charge >= 0.3 is 0 Å². The summed E-state index contributed by atoms with van der Waals surface area (Å²) in [6, 6.07) is 23.5. The second-order valence-electron chi connectivity index (χ2n) is 6.63. The highest BCUT2D eigenvalue weighted by atomic mass is 16.3. The molecule has 1 amide bonds. The molecule has 2 heterocycles. The van der Waals surface area contributed by atoms with Crippen LogP contribution in [0.3, 0.4) is 0 Å². The van der Waals surface area contributed by atoms with Crippen LogP contribution in [0.2, 0.25) is 0 Å². The Morgan fingerprint density at radius 1 is 0.929 bits per heavy atom. The lowest BCUT2D eigenvalue weighted by Gasteiger charge is -2.21. The van der Waals surface area contributed by atoms with Crippen molar-refractivity contribution in [3.05, 3.63) is 96.6 Å². The standard InChI is InChI=1S/C23H21N3O2/c27-23(25-22-12-4-11-21-20(22)10-5-13-24-21)17-26(16-19-9-6-14-28-19)15-18-7-2-1-3-8-18/h1-14H,15-17H2,(H,25,27). The zero-order chi connectivity index (χ0) is 19.2. The van der Waals surface area contributed by atoms with Gasteiger partial charge in [0.2, 0.25) is 5.91 Å². The van der Waals surface area contributed by atoms with E-state index in [0.717, 1.165) is 27.9 Å². The first-order chi connectivity index (χ1) is 13.8. The number of benzene rings is 2. The van der Waals surface area contributed by atoms with Gasteiger partial charge in [-0.25, -0.2) is 0 Å². The highest BCUT2D eigenvalue weighted by Gasteiger charge is 2.14. The van der Waals surface area contributed by atoms with Crippen molar-refractivity contribution >= 4 is 22.5 Å². The molecule has 140 valence electrons. The maximum Gasteiger partial charge on any atom is 0.238 e. The van der Waals surface area contributed by atoms with Crippen LogP contribution in [-0.4, -0.2) is 22.3 Å². The maximum absolute atomic E-state index is 12.8. The molecule has 2 aromatic carbocycles. The normalized spacial score (nSPS) is 11.0. The van der Waals surface area contributed by atoms with Gasteiger partial charge in [0.05, 0.1) is 30.6 Å². The molecule has 1 N–H and O–H groups in total. The van der Waals surface area contributed by atoms with Gasteiger partial charge in [-0.15, -0.1) is 0 Å². The summed E-state index contributed by atoms with van der Waals surface area (Å²) in [5.41, 5.74) is 2.78. The number of rotatable bonds is 7. The highest BCUT2D eigenvalue weighted by molar-refractivity contribution is 6.01. The van der Waals surface area contributed by atoms with Crippen molar-refractivity contribution in [1.29, 1.82) is 0 Å². The molecule has 0 atom stereocenters. The molecule has 0 unspecified atom stereocenters. The largest absolute Gasteiger partial charge is 0.468 e. The highest BCUT2D eigenvalue weighted by Crippen LogP contribution is 2.21. The predicted molar refractivity (Wildman–Crippen MR) is 110 cm³/mol. The number of fused-ring (bicyclic) bond motifs is 1. The Morgan fingerprint density at radius 3 is 2.64 bits per heavy atom. The average Bonchev–Trinajstić information content (AvgIpc) is 3.22. The number of carbonyl (C=O) groups excluding carboxylic acids is 1. The lowest BCUT2D eigenvalue weighted by molar-refractivity contribution is -0.117. The van der Waals surface area contributed by atoms with Gasteiger partial charge in [-0.1, -0.05) is 36.4 Å². The smallest absolute Gasteiger partial charge is 0.238 e. The minimum Gasteiger partial charge on any atom is -0.468 e. The number of hydrogen-bond donors (Lipinski definition) is 1. The van der Waals surface area contributed by atoms with E-state index in [2.05, 4.69) is 27.3 Å². The molecule has 0 fully saturated rings. The number of nitrogens with one attached hydrogen (secondary N) is 1. The summed E-state index contributed by atoms with van der Waals surface area (Å²) in [6.07, 6.45) is 3.40. The second-order valence-corrected chi connectivity index (χ2v) is 6.63. The average molecular weight is 371 g/mol. The zero-order valence-electron chi connectivity index (χ0n) is 15.4. The minimum absolute atomic E-state index is 0.0705. The van der Waals surface area contributed by atoms with Crippen LogP contribution in [0.1, 0.15) is 11.3 Å². The third-order valence-corrected chi connectivity index (χ3v) is 4.50. The summed E-state index contributed by atoms with van der Waals surface area (Å²) in [7, 11) is 0. The van der Waals surface area contributed by atoms with Crippen LogP contribution < -0.4 is 5.32 Å². The number of pyridine rings is 1. The molecule has 4 aromatic rings. The molecule has 28 heavy (non-hydrogen) atoms. The first-order valence-electron chi connectivity index (χ1n) is 9.20. The molecule has 0 aliphatic carbocycles. The molecular formula is C23H21N3O2. The first kappa shape index (κ1) is 17.9. The van der Waals surface area contributed by atoms with Gasteiger partial charge < -0.3 is 9.73 Å². The van der Waals surface area contributed by atoms with Crippen LogP contribution in [0.15, 0.2) is 89.7 Å². The Labute approximate surface area is 163 Å². The van der Waals surface area contributed by atoms with Gasteiger partial charge in [-0.2, -0.15) is 0 Å². The van der Waals surface area contributed by atoms with Crippen LogP contribution in [0.5, 0.6) is 0 Å². The van der Waals surface area contributed by atoms with E-state index in [0.29, 0.717) is 13.1 Å². The lowest BCUT2D eigenvalue weighted by atomic mass is 10.2. The van der Waals surface area contributed by atoms with E-state index in [4.69, 9.17) is 4.42 Å². The van der Waals surface area contributed by atoms with Crippen molar-refractivity contribution in [3.63, 3.8) is 0 Å². The SMILES string of the molecule is O=C(CN(Cc1ccccc1)Cc1ccco1)Nc1cccc2ncccc12. The van der Waals surface area contributed by atoms with Crippen molar-refractivity contribution in [2.24, 2.45) is 0 Å². The molecule has 0 saturated carbocycles. The fraction of sp³-hybridized carbons (Fsp3) is 0.130. The molecule has 0 aliphatic rings. The van der Waals surface area contributed by atoms with E-state index in [1.165, 1.54) is 0 Å². The first-order valence-corrected chi connectivity index (χ1v) is 9.20. The number of nitrogens with zero attached hydrogens (tertiary/aromatic N) is 2. The summed E-state index contributed by atoms with van der Waals surface area (Å²) >= 11 is 0. The molecule has 0 aliphatic heterocycles. The van der Waals surface area contributed by atoms with Crippen molar-refractivity contribution < 1.29 is 9.21 Å². The van der Waals surface area contributed by atoms with Gasteiger partial charge in [0.25, 0.3) is 0 Å². The maximum atomic E-state index is 12.8. The van der Waals surface area contributed by atoms with Crippen molar-refractivity contribution in [2.75, 3.05) is 11.9 Å².